The molecule has 0 aliphatic heterocycles. The Morgan fingerprint density at radius 1 is 1.05 bits per heavy atom. The number of aryl methyl sites for hydroxylation is 1. The van der Waals surface area contributed by atoms with E-state index in [4.69, 9.17) is 0 Å². The Hall–Kier alpha value is -1.84. The summed E-state index contributed by atoms with van der Waals surface area (Å²) < 4.78 is 0. The van der Waals surface area contributed by atoms with Crippen LogP contribution in [0.1, 0.15) is 38.2 Å². The molecule has 0 saturated heterocycles. The van der Waals surface area contributed by atoms with Crippen LogP contribution < -0.4 is 10.6 Å². The van der Waals surface area contributed by atoms with Crippen LogP contribution in [-0.2, 0) is 9.59 Å². The molecule has 0 heterocycles. The second-order valence-electron chi connectivity index (χ2n) is 4.71. The Balaban J connectivity index is 2.11. The van der Waals surface area contributed by atoms with Gasteiger partial charge in [0.2, 0.25) is 11.8 Å². The van der Waals surface area contributed by atoms with Crippen molar-refractivity contribution in [2.75, 3.05) is 11.9 Å². The average molecular weight is 262 g/mol. The molecule has 0 bridgehead atoms. The predicted molar refractivity (Wildman–Crippen MR) is 77.0 cm³/mol. The van der Waals surface area contributed by atoms with E-state index < -0.39 is 0 Å². The molecule has 0 saturated carbocycles. The van der Waals surface area contributed by atoms with Gasteiger partial charge in [0.1, 0.15) is 0 Å². The Bertz CT molecular complexity index is 413. The lowest BCUT2D eigenvalue weighted by atomic mass is 10.1. The number of rotatable bonds is 7. The van der Waals surface area contributed by atoms with Gasteiger partial charge in [-0.2, -0.15) is 0 Å². The van der Waals surface area contributed by atoms with Crippen molar-refractivity contribution in [3.05, 3.63) is 29.8 Å². The van der Waals surface area contributed by atoms with Crippen LogP contribution in [0.3, 0.4) is 0 Å². The zero-order valence-electron chi connectivity index (χ0n) is 11.7. The number of unbranched alkanes of at least 4 members (excludes halogenated alkanes) is 2. The fraction of sp³-hybridized carbons (Fsp3) is 0.467. The zero-order valence-corrected chi connectivity index (χ0v) is 11.7. The summed E-state index contributed by atoms with van der Waals surface area (Å²) in [6.45, 7) is 4.21. The lowest BCUT2D eigenvalue weighted by Gasteiger charge is -2.05. The fourth-order valence-corrected chi connectivity index (χ4v) is 1.71. The van der Waals surface area contributed by atoms with Crippen LogP contribution >= 0.6 is 0 Å². The lowest BCUT2D eigenvalue weighted by molar-refractivity contribution is -0.119. The molecule has 4 nitrogen and oxygen atoms in total. The quantitative estimate of drug-likeness (QED) is 0.742. The Morgan fingerprint density at radius 3 is 2.37 bits per heavy atom. The Morgan fingerprint density at radius 2 is 1.74 bits per heavy atom. The van der Waals surface area contributed by atoms with E-state index in [-0.39, 0.29) is 11.8 Å². The first-order valence-corrected chi connectivity index (χ1v) is 6.69. The maximum absolute atomic E-state index is 11.7. The summed E-state index contributed by atoms with van der Waals surface area (Å²) in [6.07, 6.45) is 3.23. The number of amides is 2. The van der Waals surface area contributed by atoms with Gasteiger partial charge in [0.15, 0.2) is 0 Å². The topological polar surface area (TPSA) is 58.2 Å². The van der Waals surface area contributed by atoms with Gasteiger partial charge in [-0.15, -0.1) is 0 Å². The highest BCUT2D eigenvalue weighted by Gasteiger charge is 2.02. The van der Waals surface area contributed by atoms with Crippen LogP contribution in [0, 0.1) is 6.92 Å². The molecule has 19 heavy (non-hydrogen) atoms. The Kier molecular flexibility index (Phi) is 6.64. The van der Waals surface area contributed by atoms with Crippen molar-refractivity contribution in [3.8, 4) is 0 Å². The van der Waals surface area contributed by atoms with Crippen LogP contribution in [0.15, 0.2) is 24.3 Å². The third-order valence-electron chi connectivity index (χ3n) is 2.79. The molecule has 0 aromatic heterocycles. The average Bonchev–Trinajstić information content (AvgIpc) is 2.36. The normalized spacial score (nSPS) is 10.0. The summed E-state index contributed by atoms with van der Waals surface area (Å²) in [4.78, 5) is 22.3. The number of hydrogen-bond acceptors (Lipinski definition) is 2. The van der Waals surface area contributed by atoms with E-state index in [1.165, 1.54) is 12.5 Å². The molecular formula is C15H22N2O2. The van der Waals surface area contributed by atoms with Gasteiger partial charge in [-0.3, -0.25) is 9.59 Å². The Labute approximate surface area is 114 Å². The van der Waals surface area contributed by atoms with E-state index in [9.17, 15) is 9.59 Å². The first-order chi connectivity index (χ1) is 9.08. The minimum Gasteiger partial charge on any atom is -0.356 e. The predicted octanol–water partition coefficient (Wildman–Crippen LogP) is 2.63. The lowest BCUT2D eigenvalue weighted by Crippen LogP contribution is -2.20. The molecule has 0 unspecified atom stereocenters. The maximum Gasteiger partial charge on any atom is 0.224 e. The van der Waals surface area contributed by atoms with Crippen molar-refractivity contribution in [2.45, 2.75) is 39.5 Å². The van der Waals surface area contributed by atoms with Crippen LogP contribution in [0.2, 0.25) is 0 Å². The van der Waals surface area contributed by atoms with Crippen molar-refractivity contribution < 1.29 is 9.59 Å². The maximum atomic E-state index is 11.7. The number of nitrogens with one attached hydrogen (secondary N) is 2. The van der Waals surface area contributed by atoms with E-state index in [1.54, 1.807) is 0 Å². The highest BCUT2D eigenvalue weighted by molar-refractivity contribution is 5.90. The second kappa shape index (κ2) is 8.29. The summed E-state index contributed by atoms with van der Waals surface area (Å²) in [5, 5.41) is 5.61. The second-order valence-corrected chi connectivity index (χ2v) is 4.71. The summed E-state index contributed by atoms with van der Waals surface area (Å²) in [5.74, 6) is 0.0421. The van der Waals surface area contributed by atoms with Crippen molar-refractivity contribution >= 4 is 17.5 Å². The summed E-state index contributed by atoms with van der Waals surface area (Å²) in [6, 6.07) is 7.76. The molecule has 1 rings (SSSR count). The molecule has 1 aromatic carbocycles. The van der Waals surface area contributed by atoms with Gasteiger partial charge >= 0.3 is 0 Å². The van der Waals surface area contributed by atoms with Crippen LogP contribution in [0.4, 0.5) is 5.69 Å². The minimum absolute atomic E-state index is 0.00267. The van der Waals surface area contributed by atoms with E-state index in [1.807, 2.05) is 31.2 Å². The number of anilines is 1. The van der Waals surface area contributed by atoms with E-state index in [0.29, 0.717) is 13.0 Å². The third-order valence-corrected chi connectivity index (χ3v) is 2.79. The third kappa shape index (κ3) is 7.24. The largest absolute Gasteiger partial charge is 0.356 e. The molecule has 0 atom stereocenters. The van der Waals surface area contributed by atoms with Gasteiger partial charge in [0.05, 0.1) is 0 Å². The van der Waals surface area contributed by atoms with Gasteiger partial charge in [-0.1, -0.05) is 24.1 Å². The van der Waals surface area contributed by atoms with Gasteiger partial charge in [-0.25, -0.2) is 0 Å². The van der Waals surface area contributed by atoms with Crippen molar-refractivity contribution in [1.82, 2.24) is 5.32 Å². The minimum atomic E-state index is -0.00267. The first-order valence-electron chi connectivity index (χ1n) is 6.69. The highest BCUT2D eigenvalue weighted by Crippen LogP contribution is 2.09. The van der Waals surface area contributed by atoms with Gasteiger partial charge in [-0.05, 0) is 31.9 Å². The molecule has 4 heteroatoms. The summed E-state index contributed by atoms with van der Waals surface area (Å²) in [5.41, 5.74) is 2.02. The fourth-order valence-electron chi connectivity index (χ4n) is 1.71. The summed E-state index contributed by atoms with van der Waals surface area (Å²) in [7, 11) is 0. The monoisotopic (exact) mass is 262 g/mol. The molecular weight excluding hydrogens is 240 g/mol. The van der Waals surface area contributed by atoms with E-state index >= 15 is 0 Å². The molecule has 104 valence electrons. The number of hydrogen-bond donors (Lipinski definition) is 2. The van der Waals surface area contributed by atoms with Crippen molar-refractivity contribution in [2.24, 2.45) is 0 Å². The summed E-state index contributed by atoms with van der Waals surface area (Å²) >= 11 is 0. The molecule has 0 aliphatic rings. The van der Waals surface area contributed by atoms with Crippen molar-refractivity contribution in [1.29, 1.82) is 0 Å². The molecule has 0 radical (unpaired) electrons. The van der Waals surface area contributed by atoms with Gasteiger partial charge in [0, 0.05) is 25.6 Å². The molecule has 0 aliphatic carbocycles. The SMILES string of the molecule is CC(=O)NCCCCCC(=O)Nc1ccc(C)cc1. The molecule has 1 aromatic rings. The number of carbonyl (C=O) groups is 2. The molecule has 0 spiro atoms. The number of carbonyl (C=O) groups excluding carboxylic acids is 2. The van der Waals surface area contributed by atoms with E-state index in [2.05, 4.69) is 10.6 Å². The number of benzene rings is 1. The highest BCUT2D eigenvalue weighted by atomic mass is 16.2. The van der Waals surface area contributed by atoms with Crippen molar-refractivity contribution in [3.63, 3.8) is 0 Å². The van der Waals surface area contributed by atoms with Gasteiger partial charge in [0.25, 0.3) is 0 Å². The molecule has 0 fully saturated rings. The van der Waals surface area contributed by atoms with Crippen LogP contribution in [0.5, 0.6) is 0 Å². The van der Waals surface area contributed by atoms with E-state index in [0.717, 1.165) is 24.9 Å². The van der Waals surface area contributed by atoms with Gasteiger partial charge < -0.3 is 10.6 Å². The van der Waals surface area contributed by atoms with Crippen LogP contribution in [0.25, 0.3) is 0 Å². The van der Waals surface area contributed by atoms with Crippen LogP contribution in [-0.4, -0.2) is 18.4 Å². The smallest absolute Gasteiger partial charge is 0.224 e. The standard InChI is InChI=1S/C15H22N2O2/c1-12-7-9-14(10-8-12)17-15(19)6-4-3-5-11-16-13(2)18/h7-10H,3-6,11H2,1-2H3,(H,16,18)(H,17,19). The molecule has 2 amide bonds. The molecule has 2 N–H and O–H groups in total. The first kappa shape index (κ1) is 15.2. The zero-order chi connectivity index (χ0) is 14.1.